The molecule has 5 atom stereocenters. The van der Waals surface area contributed by atoms with Gasteiger partial charge in [-0.1, -0.05) is 0 Å². The van der Waals surface area contributed by atoms with Gasteiger partial charge in [0.25, 0.3) is 0 Å². The van der Waals surface area contributed by atoms with Gasteiger partial charge < -0.3 is 28.8 Å². The molecule has 1 N–H and O–H groups in total. The number of aliphatic carboxylic acids is 1. The van der Waals surface area contributed by atoms with E-state index in [1.54, 1.807) is 0 Å². The summed E-state index contributed by atoms with van der Waals surface area (Å²) in [6, 6.07) is 3.12. The van der Waals surface area contributed by atoms with Crippen molar-refractivity contribution in [2.45, 2.75) is 51.5 Å². The Hall–Kier alpha value is -4.07. The summed E-state index contributed by atoms with van der Waals surface area (Å²) in [5.74, 6) is -4.95. The van der Waals surface area contributed by atoms with Gasteiger partial charge in [0.2, 0.25) is 12.4 Å². The van der Waals surface area contributed by atoms with Crippen LogP contribution in [0.5, 0.6) is 5.75 Å². The maximum atomic E-state index is 11.8. The minimum absolute atomic E-state index is 0.0497. The molecule has 0 bridgehead atoms. The van der Waals surface area contributed by atoms with Crippen LogP contribution in [-0.2, 0) is 38.1 Å². The second-order valence-electron chi connectivity index (χ2n) is 6.71. The van der Waals surface area contributed by atoms with Gasteiger partial charge in [-0.25, -0.2) is 4.79 Å². The van der Waals surface area contributed by atoms with E-state index in [1.807, 2.05) is 0 Å². The molecule has 1 saturated heterocycles. The lowest BCUT2D eigenvalue weighted by molar-refractivity contribution is -0.387. The van der Waals surface area contributed by atoms with Crippen LogP contribution in [0.15, 0.2) is 18.2 Å². The lowest BCUT2D eigenvalue weighted by Gasteiger charge is -2.42. The number of nitro benzene ring substituents is 1. The average Bonchev–Trinajstić information content (AvgIpc) is 2.70. The van der Waals surface area contributed by atoms with Crippen molar-refractivity contribution in [3.05, 3.63) is 33.9 Å². The van der Waals surface area contributed by atoms with Crippen molar-refractivity contribution in [3.63, 3.8) is 0 Å². The van der Waals surface area contributed by atoms with Crippen molar-refractivity contribution in [2.24, 2.45) is 0 Å². The molecule has 0 aliphatic carbocycles. The largest absolute Gasteiger partial charge is 0.479 e. The Morgan fingerprint density at radius 3 is 2.03 bits per heavy atom. The number of carbonyl (C=O) groups excluding carboxylic acids is 4. The summed E-state index contributed by atoms with van der Waals surface area (Å²) in [6.45, 7) is 2.91. The number of hydrogen-bond donors (Lipinski definition) is 1. The van der Waals surface area contributed by atoms with Crippen LogP contribution in [0.25, 0.3) is 0 Å². The van der Waals surface area contributed by atoms with E-state index in [0.29, 0.717) is 6.29 Å². The molecule has 0 saturated carbocycles. The minimum Gasteiger partial charge on any atom is -0.479 e. The third-order valence-corrected chi connectivity index (χ3v) is 4.20. The van der Waals surface area contributed by atoms with E-state index in [1.165, 1.54) is 6.07 Å². The maximum absolute atomic E-state index is 11.8. The lowest BCUT2D eigenvalue weighted by Crippen LogP contribution is -2.64. The number of nitro groups is 1. The molecule has 1 aromatic rings. The molecule has 178 valence electrons. The zero-order valence-corrected chi connectivity index (χ0v) is 17.5. The Kier molecular flexibility index (Phi) is 8.01. The number of esters is 3. The average molecular weight is 469 g/mol. The van der Waals surface area contributed by atoms with Crippen molar-refractivity contribution in [2.75, 3.05) is 0 Å². The van der Waals surface area contributed by atoms with Crippen molar-refractivity contribution in [1.29, 1.82) is 0 Å². The summed E-state index contributed by atoms with van der Waals surface area (Å²) in [5, 5.41) is 21.0. The second-order valence-corrected chi connectivity index (χ2v) is 6.71. The molecular weight excluding hydrogens is 450 g/mol. The van der Waals surface area contributed by atoms with Crippen molar-refractivity contribution < 1.29 is 57.7 Å². The van der Waals surface area contributed by atoms with Crippen LogP contribution in [0.1, 0.15) is 31.1 Å². The van der Waals surface area contributed by atoms with Crippen LogP contribution >= 0.6 is 0 Å². The Morgan fingerprint density at radius 2 is 1.55 bits per heavy atom. The van der Waals surface area contributed by atoms with Crippen LogP contribution in [-0.4, -0.2) is 70.9 Å². The Balaban J connectivity index is 2.57. The molecule has 5 unspecified atom stereocenters. The van der Waals surface area contributed by atoms with E-state index in [4.69, 9.17) is 23.7 Å². The summed E-state index contributed by atoms with van der Waals surface area (Å²) in [6.07, 6.45) is -8.62. The van der Waals surface area contributed by atoms with Crippen molar-refractivity contribution in [3.8, 4) is 5.75 Å². The normalized spacial score (nSPS) is 24.2. The molecule has 0 radical (unpaired) electrons. The van der Waals surface area contributed by atoms with Crippen LogP contribution in [0.4, 0.5) is 5.69 Å². The molecule has 1 aliphatic heterocycles. The van der Waals surface area contributed by atoms with E-state index in [9.17, 15) is 39.2 Å². The molecule has 0 spiro atoms. The summed E-state index contributed by atoms with van der Waals surface area (Å²) >= 11 is 0. The van der Waals surface area contributed by atoms with Crippen LogP contribution < -0.4 is 4.74 Å². The first-order valence-corrected chi connectivity index (χ1v) is 9.24. The van der Waals surface area contributed by atoms with Gasteiger partial charge in [-0.05, 0) is 12.1 Å². The molecule has 1 fully saturated rings. The smallest absolute Gasteiger partial charge is 0.337 e. The van der Waals surface area contributed by atoms with E-state index in [-0.39, 0.29) is 5.56 Å². The van der Waals surface area contributed by atoms with Crippen LogP contribution in [0.2, 0.25) is 0 Å². The highest BCUT2D eigenvalue weighted by atomic mass is 16.7. The number of carbonyl (C=O) groups is 5. The third-order valence-electron chi connectivity index (χ3n) is 4.20. The van der Waals surface area contributed by atoms with Gasteiger partial charge in [-0.15, -0.1) is 0 Å². The van der Waals surface area contributed by atoms with E-state index in [0.717, 1.165) is 32.9 Å². The molecule has 0 aromatic heterocycles. The molecule has 1 aliphatic rings. The fraction of sp³-hybridized carbons (Fsp3) is 0.421. The van der Waals surface area contributed by atoms with Crippen molar-refractivity contribution >= 4 is 35.9 Å². The number of ether oxygens (including phenoxy) is 5. The first-order valence-electron chi connectivity index (χ1n) is 9.24. The molecule has 14 heteroatoms. The van der Waals surface area contributed by atoms with Gasteiger partial charge in [0.05, 0.1) is 4.92 Å². The zero-order valence-electron chi connectivity index (χ0n) is 17.5. The summed E-state index contributed by atoms with van der Waals surface area (Å²) < 4.78 is 25.9. The third kappa shape index (κ3) is 6.22. The number of hydrogen-bond acceptors (Lipinski definition) is 12. The number of nitrogens with zero attached hydrogens (tertiary/aromatic N) is 1. The summed E-state index contributed by atoms with van der Waals surface area (Å²) in [7, 11) is 0. The van der Waals surface area contributed by atoms with Gasteiger partial charge in [0, 0.05) is 32.4 Å². The van der Waals surface area contributed by atoms with Gasteiger partial charge in [0.1, 0.15) is 6.29 Å². The van der Waals surface area contributed by atoms with E-state index in [2.05, 4.69) is 0 Å². The molecule has 33 heavy (non-hydrogen) atoms. The molecule has 14 nitrogen and oxygen atoms in total. The molecule has 2 rings (SSSR count). The SMILES string of the molecule is CC(=O)OC1C(Oc2ccc(C=O)cc2[N+](=O)[O-])OC(C(=O)O)C(OC(C)=O)C1OC(C)=O. The second kappa shape index (κ2) is 10.5. The Labute approximate surface area is 185 Å². The Bertz CT molecular complexity index is 974. The Morgan fingerprint density at radius 1 is 1.00 bits per heavy atom. The predicted molar refractivity (Wildman–Crippen MR) is 102 cm³/mol. The predicted octanol–water partition coefficient (Wildman–Crippen LogP) is 0.391. The molecular formula is C19H19NO13. The number of rotatable bonds is 8. The summed E-state index contributed by atoms with van der Waals surface area (Å²) in [5.41, 5.74) is -0.728. The topological polar surface area (TPSA) is 195 Å². The molecule has 1 heterocycles. The molecule has 1 aromatic carbocycles. The van der Waals surface area contributed by atoms with Crippen LogP contribution in [0.3, 0.4) is 0 Å². The highest BCUT2D eigenvalue weighted by molar-refractivity contribution is 5.77. The van der Waals surface area contributed by atoms with E-state index >= 15 is 0 Å². The summed E-state index contributed by atoms with van der Waals surface area (Å²) in [4.78, 5) is 68.2. The minimum atomic E-state index is -1.97. The van der Waals surface area contributed by atoms with Crippen LogP contribution in [0, 0.1) is 10.1 Å². The maximum Gasteiger partial charge on any atom is 0.337 e. The molecule has 0 amide bonds. The van der Waals surface area contributed by atoms with Gasteiger partial charge in [-0.2, -0.15) is 0 Å². The number of carboxylic acid groups (broad SMARTS) is 1. The quantitative estimate of drug-likeness (QED) is 0.181. The highest BCUT2D eigenvalue weighted by Crippen LogP contribution is 2.34. The zero-order chi connectivity index (χ0) is 24.9. The monoisotopic (exact) mass is 469 g/mol. The standard InChI is InChI=1S/C19H19NO13/c1-8(22)29-14-15(30-9(2)23)17(31-10(3)24)19(33-16(14)18(25)26)32-13-5-4-11(7-21)6-12(13)20(27)28/h4-7,14-17,19H,1-3H3,(H,25,26). The first kappa shape index (κ1) is 25.2. The first-order chi connectivity index (χ1) is 15.4. The highest BCUT2D eigenvalue weighted by Gasteiger charge is 2.55. The van der Waals surface area contributed by atoms with Gasteiger partial charge in [-0.3, -0.25) is 29.3 Å². The lowest BCUT2D eigenvalue weighted by atomic mass is 9.97. The van der Waals surface area contributed by atoms with Gasteiger partial charge >= 0.3 is 29.6 Å². The number of benzene rings is 1. The fourth-order valence-corrected chi connectivity index (χ4v) is 3.04. The van der Waals surface area contributed by atoms with Crippen molar-refractivity contribution in [1.82, 2.24) is 0 Å². The number of aldehydes is 1. The fourth-order valence-electron chi connectivity index (χ4n) is 3.04. The number of carboxylic acids is 1. The van der Waals surface area contributed by atoms with E-state index < -0.39 is 70.9 Å². The van der Waals surface area contributed by atoms with Gasteiger partial charge in [0.15, 0.2) is 24.1 Å².